The van der Waals surface area contributed by atoms with Gasteiger partial charge in [-0.25, -0.2) is 0 Å². The van der Waals surface area contributed by atoms with Crippen molar-refractivity contribution in [3.63, 3.8) is 0 Å². The first kappa shape index (κ1) is 11.7. The number of benzene rings is 1. The molecule has 0 atom stereocenters. The molecule has 0 radical (unpaired) electrons. The Hall–Kier alpha value is -2.40. The number of halogens is 1. The average Bonchev–Trinajstić information content (AvgIpc) is 2.89. The van der Waals surface area contributed by atoms with Crippen LogP contribution in [0.5, 0.6) is 5.75 Å². The fourth-order valence-corrected chi connectivity index (χ4v) is 1.70. The van der Waals surface area contributed by atoms with Crippen LogP contribution in [0, 0.1) is 0 Å². The Labute approximate surface area is 113 Å². The SMILES string of the molecule is Oc1cccc(-c2nc(-c3ccc(Cl)cn3)no2)c1. The first-order valence-corrected chi connectivity index (χ1v) is 5.85. The number of aromatic hydroxyl groups is 1. The molecule has 1 aromatic carbocycles. The second-order valence-corrected chi connectivity index (χ2v) is 4.27. The summed E-state index contributed by atoms with van der Waals surface area (Å²) < 4.78 is 5.15. The van der Waals surface area contributed by atoms with Gasteiger partial charge in [0, 0.05) is 11.8 Å². The standard InChI is InChI=1S/C13H8ClN3O2/c14-9-4-5-11(15-7-9)12-16-13(19-17-12)8-2-1-3-10(18)6-8/h1-7,18H. The largest absolute Gasteiger partial charge is 0.508 e. The van der Waals surface area contributed by atoms with E-state index in [0.29, 0.717) is 28.0 Å². The van der Waals surface area contributed by atoms with E-state index in [2.05, 4.69) is 15.1 Å². The van der Waals surface area contributed by atoms with Crippen LogP contribution in [-0.4, -0.2) is 20.2 Å². The van der Waals surface area contributed by atoms with Crippen molar-refractivity contribution in [3.05, 3.63) is 47.6 Å². The first-order valence-electron chi connectivity index (χ1n) is 5.47. The predicted molar refractivity (Wildman–Crippen MR) is 69.6 cm³/mol. The van der Waals surface area contributed by atoms with Crippen LogP contribution in [0.15, 0.2) is 47.1 Å². The number of nitrogens with zero attached hydrogens (tertiary/aromatic N) is 3. The molecule has 19 heavy (non-hydrogen) atoms. The van der Waals surface area contributed by atoms with Gasteiger partial charge in [-0.1, -0.05) is 22.8 Å². The van der Waals surface area contributed by atoms with E-state index in [1.807, 2.05) is 0 Å². The molecule has 0 saturated heterocycles. The molecule has 0 spiro atoms. The van der Waals surface area contributed by atoms with Crippen LogP contribution >= 0.6 is 11.6 Å². The molecule has 0 fully saturated rings. The number of phenols is 1. The molecule has 3 rings (SSSR count). The molecular weight excluding hydrogens is 266 g/mol. The van der Waals surface area contributed by atoms with Gasteiger partial charge in [-0.15, -0.1) is 0 Å². The summed E-state index contributed by atoms with van der Waals surface area (Å²) >= 11 is 5.76. The lowest BCUT2D eigenvalue weighted by Gasteiger charge is -1.94. The zero-order valence-corrected chi connectivity index (χ0v) is 10.4. The molecule has 1 N–H and O–H groups in total. The summed E-state index contributed by atoms with van der Waals surface area (Å²) in [4.78, 5) is 8.33. The van der Waals surface area contributed by atoms with Crippen LogP contribution in [0.1, 0.15) is 0 Å². The highest BCUT2D eigenvalue weighted by molar-refractivity contribution is 6.30. The van der Waals surface area contributed by atoms with E-state index in [-0.39, 0.29) is 5.75 Å². The Bertz CT molecular complexity index is 710. The van der Waals surface area contributed by atoms with Gasteiger partial charge in [0.15, 0.2) is 0 Å². The summed E-state index contributed by atoms with van der Waals surface area (Å²) in [6, 6.07) is 10.0. The summed E-state index contributed by atoms with van der Waals surface area (Å²) in [5.74, 6) is 0.833. The normalized spacial score (nSPS) is 10.6. The highest BCUT2D eigenvalue weighted by Gasteiger charge is 2.11. The number of hydrogen-bond donors (Lipinski definition) is 1. The zero-order chi connectivity index (χ0) is 13.2. The number of pyridine rings is 1. The van der Waals surface area contributed by atoms with Gasteiger partial charge in [0.1, 0.15) is 11.4 Å². The van der Waals surface area contributed by atoms with E-state index in [9.17, 15) is 5.11 Å². The van der Waals surface area contributed by atoms with Crippen LogP contribution in [0.3, 0.4) is 0 Å². The van der Waals surface area contributed by atoms with E-state index in [0.717, 1.165) is 0 Å². The van der Waals surface area contributed by atoms with Gasteiger partial charge in [0.25, 0.3) is 5.89 Å². The Balaban J connectivity index is 1.97. The molecule has 0 saturated carbocycles. The van der Waals surface area contributed by atoms with E-state index in [1.54, 1.807) is 36.4 Å². The van der Waals surface area contributed by atoms with Crippen LogP contribution < -0.4 is 0 Å². The average molecular weight is 274 g/mol. The highest BCUT2D eigenvalue weighted by atomic mass is 35.5. The van der Waals surface area contributed by atoms with Crippen molar-refractivity contribution >= 4 is 11.6 Å². The lowest BCUT2D eigenvalue weighted by molar-refractivity contribution is 0.431. The molecule has 0 unspecified atom stereocenters. The summed E-state index contributed by atoms with van der Waals surface area (Å²) in [6.07, 6.45) is 1.52. The van der Waals surface area contributed by atoms with Gasteiger partial charge in [-0.2, -0.15) is 4.98 Å². The molecule has 6 heteroatoms. The Morgan fingerprint density at radius 1 is 1.16 bits per heavy atom. The van der Waals surface area contributed by atoms with E-state index < -0.39 is 0 Å². The smallest absolute Gasteiger partial charge is 0.258 e. The minimum Gasteiger partial charge on any atom is -0.508 e. The summed E-state index contributed by atoms with van der Waals surface area (Å²) in [5.41, 5.74) is 1.22. The molecule has 3 aromatic rings. The Morgan fingerprint density at radius 2 is 2.05 bits per heavy atom. The van der Waals surface area contributed by atoms with Crippen molar-refractivity contribution in [1.82, 2.24) is 15.1 Å². The third kappa shape index (κ3) is 2.41. The molecule has 0 bridgehead atoms. The maximum absolute atomic E-state index is 9.41. The van der Waals surface area contributed by atoms with Crippen LogP contribution in [0.2, 0.25) is 5.02 Å². The Morgan fingerprint density at radius 3 is 2.79 bits per heavy atom. The molecule has 2 heterocycles. The molecule has 0 amide bonds. The second-order valence-electron chi connectivity index (χ2n) is 3.84. The fraction of sp³-hybridized carbons (Fsp3) is 0. The minimum atomic E-state index is 0.141. The predicted octanol–water partition coefficient (Wildman–Crippen LogP) is 3.16. The summed E-state index contributed by atoms with van der Waals surface area (Å²) in [7, 11) is 0. The van der Waals surface area contributed by atoms with Crippen LogP contribution in [-0.2, 0) is 0 Å². The van der Waals surface area contributed by atoms with Crippen molar-refractivity contribution in [2.75, 3.05) is 0 Å². The van der Waals surface area contributed by atoms with Gasteiger partial charge < -0.3 is 9.63 Å². The van der Waals surface area contributed by atoms with Crippen molar-refractivity contribution < 1.29 is 9.63 Å². The monoisotopic (exact) mass is 273 g/mol. The molecule has 2 aromatic heterocycles. The molecule has 94 valence electrons. The third-order valence-electron chi connectivity index (χ3n) is 2.48. The molecular formula is C13H8ClN3O2. The molecule has 0 aliphatic rings. The van der Waals surface area contributed by atoms with Gasteiger partial charge >= 0.3 is 0 Å². The molecule has 0 aliphatic carbocycles. The topological polar surface area (TPSA) is 72.0 Å². The highest BCUT2D eigenvalue weighted by Crippen LogP contribution is 2.24. The van der Waals surface area contributed by atoms with Crippen molar-refractivity contribution in [2.45, 2.75) is 0 Å². The van der Waals surface area contributed by atoms with Crippen molar-refractivity contribution in [3.8, 4) is 28.7 Å². The van der Waals surface area contributed by atoms with E-state index >= 15 is 0 Å². The number of phenolic OH excluding ortho intramolecular Hbond substituents is 1. The van der Waals surface area contributed by atoms with Crippen LogP contribution in [0.4, 0.5) is 0 Å². The van der Waals surface area contributed by atoms with Crippen LogP contribution in [0.25, 0.3) is 23.0 Å². The lowest BCUT2D eigenvalue weighted by atomic mass is 10.2. The minimum absolute atomic E-state index is 0.141. The summed E-state index contributed by atoms with van der Waals surface area (Å²) in [6.45, 7) is 0. The van der Waals surface area contributed by atoms with Crippen molar-refractivity contribution in [1.29, 1.82) is 0 Å². The van der Waals surface area contributed by atoms with Gasteiger partial charge in [-0.05, 0) is 30.3 Å². The maximum atomic E-state index is 9.41. The zero-order valence-electron chi connectivity index (χ0n) is 9.62. The van der Waals surface area contributed by atoms with Gasteiger partial charge in [-0.3, -0.25) is 4.98 Å². The van der Waals surface area contributed by atoms with Gasteiger partial charge in [0.2, 0.25) is 5.82 Å². The molecule has 0 aliphatic heterocycles. The van der Waals surface area contributed by atoms with E-state index in [1.165, 1.54) is 6.20 Å². The number of rotatable bonds is 2. The fourth-order valence-electron chi connectivity index (χ4n) is 1.59. The second kappa shape index (κ2) is 4.70. The first-order chi connectivity index (χ1) is 9.22. The molecule has 5 nitrogen and oxygen atoms in total. The lowest BCUT2D eigenvalue weighted by Crippen LogP contribution is -1.85. The number of hydrogen-bond acceptors (Lipinski definition) is 5. The van der Waals surface area contributed by atoms with Gasteiger partial charge in [0.05, 0.1) is 5.02 Å². The van der Waals surface area contributed by atoms with Crippen molar-refractivity contribution in [2.24, 2.45) is 0 Å². The van der Waals surface area contributed by atoms with E-state index in [4.69, 9.17) is 16.1 Å². The quantitative estimate of drug-likeness (QED) is 0.776. The number of aromatic nitrogens is 3. The Kier molecular flexibility index (Phi) is 2.89. The third-order valence-corrected chi connectivity index (χ3v) is 2.70. The summed E-state index contributed by atoms with van der Waals surface area (Å²) in [5, 5.41) is 13.8. The maximum Gasteiger partial charge on any atom is 0.258 e.